The lowest BCUT2D eigenvalue weighted by Crippen LogP contribution is -2.53. The van der Waals surface area contributed by atoms with Crippen molar-refractivity contribution in [3.05, 3.63) is 0 Å². The Hall–Kier alpha value is -0.330. The van der Waals surface area contributed by atoms with E-state index in [-0.39, 0.29) is 21.7 Å². The Balaban J connectivity index is 5.78. The number of carbonyl (C=O) groups is 1. The first-order valence-corrected chi connectivity index (χ1v) is 8.09. The molecule has 0 fully saturated rings. The molecule has 0 radical (unpaired) electrons. The van der Waals surface area contributed by atoms with Gasteiger partial charge in [0, 0.05) is 10.8 Å². The van der Waals surface area contributed by atoms with Gasteiger partial charge in [0.2, 0.25) is 0 Å². The average molecular weight is 283 g/mol. The normalized spacial score (nSPS) is 15.1. The Morgan fingerprint density at radius 3 is 0.950 bits per heavy atom. The third kappa shape index (κ3) is 2.83. The fraction of sp³-hybridized carbons (Fsp3) is 0.947. The number of Topliss-reactive ketones (excluding diaryl/α,β-unsaturated/α-hetero) is 1. The molecule has 1 heteroatoms. The predicted molar refractivity (Wildman–Crippen MR) is 89.8 cm³/mol. The van der Waals surface area contributed by atoms with E-state index in [1.807, 2.05) is 0 Å². The highest BCUT2D eigenvalue weighted by molar-refractivity contribution is 5.90. The predicted octanol–water partition coefficient (Wildman–Crippen LogP) is 5.97. The van der Waals surface area contributed by atoms with E-state index in [1.54, 1.807) is 0 Å². The van der Waals surface area contributed by atoms with Gasteiger partial charge in [-0.1, -0.05) is 83.1 Å². The van der Waals surface area contributed by atoms with Crippen molar-refractivity contribution in [2.24, 2.45) is 33.5 Å². The van der Waals surface area contributed by atoms with Gasteiger partial charge in [-0.3, -0.25) is 4.79 Å². The molecule has 0 aromatic heterocycles. The molecule has 0 rings (SSSR count). The fourth-order valence-corrected chi connectivity index (χ4v) is 2.81. The van der Waals surface area contributed by atoms with Gasteiger partial charge in [0.15, 0.2) is 0 Å². The average Bonchev–Trinajstić information content (AvgIpc) is 2.26. The molecule has 0 aromatic rings. The fourth-order valence-electron chi connectivity index (χ4n) is 2.81. The number of rotatable bonds is 6. The van der Waals surface area contributed by atoms with Gasteiger partial charge in [-0.25, -0.2) is 0 Å². The van der Waals surface area contributed by atoms with Crippen LogP contribution in [0.3, 0.4) is 0 Å². The van der Waals surface area contributed by atoms with Crippen molar-refractivity contribution in [2.45, 2.75) is 83.1 Å². The maximum atomic E-state index is 13.4. The van der Waals surface area contributed by atoms with E-state index < -0.39 is 0 Å². The Bertz CT molecular complexity index is 320. The van der Waals surface area contributed by atoms with Gasteiger partial charge in [-0.15, -0.1) is 0 Å². The van der Waals surface area contributed by atoms with E-state index in [0.717, 1.165) is 0 Å². The van der Waals surface area contributed by atoms with Gasteiger partial charge in [0.05, 0.1) is 0 Å². The molecule has 0 spiro atoms. The van der Waals surface area contributed by atoms with Crippen LogP contribution in [0.15, 0.2) is 0 Å². The molecule has 0 N–H and O–H groups in total. The Kier molecular flexibility index (Phi) is 5.37. The second-order valence-corrected chi connectivity index (χ2v) is 9.33. The first kappa shape index (κ1) is 19.7. The van der Waals surface area contributed by atoms with Gasteiger partial charge in [0.1, 0.15) is 5.78 Å². The van der Waals surface area contributed by atoms with Gasteiger partial charge >= 0.3 is 0 Å². The van der Waals surface area contributed by atoms with Crippen molar-refractivity contribution in [3.8, 4) is 0 Å². The lowest BCUT2D eigenvalue weighted by atomic mass is 9.50. The van der Waals surface area contributed by atoms with E-state index >= 15 is 0 Å². The van der Waals surface area contributed by atoms with E-state index in [2.05, 4.69) is 83.1 Å². The molecule has 120 valence electrons. The first-order chi connectivity index (χ1) is 8.54. The second kappa shape index (κ2) is 5.46. The zero-order chi connectivity index (χ0) is 16.7. The molecule has 0 aliphatic carbocycles. The smallest absolute Gasteiger partial charge is 0.145 e. The molecule has 0 bridgehead atoms. The Morgan fingerprint density at radius 2 is 0.800 bits per heavy atom. The summed E-state index contributed by atoms with van der Waals surface area (Å²) in [5.74, 6) is 1.33. The molecule has 0 saturated heterocycles. The molecular formula is C19H38O. The van der Waals surface area contributed by atoms with Crippen LogP contribution < -0.4 is 0 Å². The lowest BCUT2D eigenvalue weighted by Gasteiger charge is -2.52. The highest BCUT2D eigenvalue weighted by Gasteiger charge is 2.54. The molecule has 0 atom stereocenters. The summed E-state index contributed by atoms with van der Waals surface area (Å²) in [5.41, 5.74) is -0.712. The Morgan fingerprint density at radius 1 is 0.600 bits per heavy atom. The quantitative estimate of drug-likeness (QED) is 0.586. The van der Waals surface area contributed by atoms with E-state index in [0.29, 0.717) is 17.6 Å². The van der Waals surface area contributed by atoms with Crippen LogP contribution in [0, 0.1) is 33.5 Å². The summed E-state index contributed by atoms with van der Waals surface area (Å²) in [4.78, 5) is 13.4. The van der Waals surface area contributed by atoms with Crippen LogP contribution in [0.1, 0.15) is 83.1 Å². The maximum Gasteiger partial charge on any atom is 0.145 e. The third-order valence-electron chi connectivity index (χ3n) is 7.24. The topological polar surface area (TPSA) is 17.1 Å². The van der Waals surface area contributed by atoms with Crippen LogP contribution >= 0.6 is 0 Å². The van der Waals surface area contributed by atoms with Crippen LogP contribution in [-0.4, -0.2) is 5.78 Å². The van der Waals surface area contributed by atoms with E-state index in [9.17, 15) is 4.79 Å². The molecule has 0 aromatic carbocycles. The van der Waals surface area contributed by atoms with Crippen molar-refractivity contribution in [2.75, 3.05) is 0 Å². The van der Waals surface area contributed by atoms with Gasteiger partial charge in [-0.2, -0.15) is 0 Å². The molecular weight excluding hydrogens is 244 g/mol. The minimum absolute atomic E-state index is 0.0194. The molecule has 0 saturated carbocycles. The van der Waals surface area contributed by atoms with Crippen LogP contribution in [0.5, 0.6) is 0 Å². The van der Waals surface area contributed by atoms with Crippen LogP contribution in [0.25, 0.3) is 0 Å². The summed E-state index contributed by atoms with van der Waals surface area (Å²) in [6.07, 6.45) is 0. The van der Waals surface area contributed by atoms with Gasteiger partial charge < -0.3 is 0 Å². The van der Waals surface area contributed by atoms with E-state index in [4.69, 9.17) is 0 Å². The standard InChI is InChI=1S/C19H38O/c1-13(2)16(5,6)18(9,10)15(20)19(11,12)17(7,8)14(3)4/h13-14H,1-12H3. The molecule has 0 amide bonds. The summed E-state index contributed by atoms with van der Waals surface area (Å²) >= 11 is 0. The van der Waals surface area contributed by atoms with Crippen LogP contribution in [0.2, 0.25) is 0 Å². The summed E-state index contributed by atoms with van der Waals surface area (Å²) in [5, 5.41) is 0. The monoisotopic (exact) mass is 282 g/mol. The second-order valence-electron chi connectivity index (χ2n) is 9.33. The Labute approximate surface area is 127 Å². The molecule has 1 nitrogen and oxygen atoms in total. The number of carbonyl (C=O) groups excluding carboxylic acids is 1. The zero-order valence-corrected chi connectivity index (χ0v) is 16.1. The minimum atomic E-state index is -0.336. The van der Waals surface area contributed by atoms with Crippen molar-refractivity contribution >= 4 is 5.78 Å². The highest BCUT2D eigenvalue weighted by atomic mass is 16.1. The molecule has 0 unspecified atom stereocenters. The van der Waals surface area contributed by atoms with Crippen LogP contribution in [-0.2, 0) is 4.79 Å². The molecule has 0 heterocycles. The van der Waals surface area contributed by atoms with Crippen molar-refractivity contribution in [1.82, 2.24) is 0 Å². The lowest BCUT2D eigenvalue weighted by molar-refractivity contribution is -0.153. The third-order valence-corrected chi connectivity index (χ3v) is 7.24. The molecule has 0 aliphatic heterocycles. The molecule has 20 heavy (non-hydrogen) atoms. The zero-order valence-electron chi connectivity index (χ0n) is 16.1. The summed E-state index contributed by atoms with van der Waals surface area (Å²) in [7, 11) is 0. The van der Waals surface area contributed by atoms with Gasteiger partial charge in [0.25, 0.3) is 0 Å². The maximum absolute atomic E-state index is 13.4. The van der Waals surface area contributed by atoms with E-state index in [1.165, 1.54) is 0 Å². The van der Waals surface area contributed by atoms with Crippen molar-refractivity contribution < 1.29 is 4.79 Å². The SMILES string of the molecule is CC(C)C(C)(C)C(C)(C)C(=O)C(C)(C)C(C)(C)C(C)C. The summed E-state index contributed by atoms with van der Waals surface area (Å²) < 4.78 is 0. The number of hydrogen-bond donors (Lipinski definition) is 0. The summed E-state index contributed by atoms with van der Waals surface area (Å²) in [6, 6.07) is 0. The summed E-state index contributed by atoms with van der Waals surface area (Å²) in [6.45, 7) is 26.3. The minimum Gasteiger partial charge on any atom is -0.298 e. The number of hydrogen-bond acceptors (Lipinski definition) is 1. The van der Waals surface area contributed by atoms with Gasteiger partial charge in [-0.05, 0) is 22.7 Å². The first-order valence-electron chi connectivity index (χ1n) is 8.09. The molecule has 0 aliphatic rings. The highest BCUT2D eigenvalue weighted by Crippen LogP contribution is 2.54. The van der Waals surface area contributed by atoms with Crippen LogP contribution in [0.4, 0.5) is 0 Å². The van der Waals surface area contributed by atoms with Crippen molar-refractivity contribution in [3.63, 3.8) is 0 Å². The largest absolute Gasteiger partial charge is 0.298 e. The number of ketones is 1. The van der Waals surface area contributed by atoms with Crippen molar-refractivity contribution in [1.29, 1.82) is 0 Å².